The molecule has 0 aliphatic carbocycles. The van der Waals surface area contributed by atoms with Crippen LogP contribution in [0.5, 0.6) is 5.75 Å². The molecule has 0 aromatic heterocycles. The predicted octanol–water partition coefficient (Wildman–Crippen LogP) is 2.32. The third-order valence-corrected chi connectivity index (χ3v) is 4.65. The van der Waals surface area contributed by atoms with Crippen molar-refractivity contribution in [3.05, 3.63) is 28.7 Å². The summed E-state index contributed by atoms with van der Waals surface area (Å²) in [5.74, 6) is 2.06. The molecule has 116 valence electrons. The van der Waals surface area contributed by atoms with E-state index in [0.717, 1.165) is 36.4 Å². The van der Waals surface area contributed by atoms with Gasteiger partial charge in [-0.05, 0) is 37.0 Å². The van der Waals surface area contributed by atoms with Gasteiger partial charge >= 0.3 is 0 Å². The Kier molecular flexibility index (Phi) is 5.52. The number of nitrogens with one attached hydrogen (secondary N) is 1. The van der Waals surface area contributed by atoms with Crippen molar-refractivity contribution in [2.75, 3.05) is 26.2 Å². The number of halogens is 2. The van der Waals surface area contributed by atoms with Gasteiger partial charge in [0.1, 0.15) is 5.75 Å². The zero-order valence-electron chi connectivity index (χ0n) is 11.9. The van der Waals surface area contributed by atoms with Gasteiger partial charge in [0.25, 0.3) is 5.91 Å². The van der Waals surface area contributed by atoms with Crippen molar-refractivity contribution in [1.82, 2.24) is 10.2 Å². The van der Waals surface area contributed by atoms with Crippen LogP contribution in [0.1, 0.15) is 6.92 Å². The molecule has 21 heavy (non-hydrogen) atoms. The summed E-state index contributed by atoms with van der Waals surface area (Å²) in [7, 11) is 0. The molecule has 2 saturated heterocycles. The Morgan fingerprint density at radius 2 is 2.05 bits per heavy atom. The van der Waals surface area contributed by atoms with Gasteiger partial charge in [-0.1, -0.05) is 22.0 Å². The van der Waals surface area contributed by atoms with E-state index in [2.05, 4.69) is 21.2 Å². The van der Waals surface area contributed by atoms with Crippen LogP contribution in [0.3, 0.4) is 0 Å². The van der Waals surface area contributed by atoms with Crippen LogP contribution < -0.4 is 10.1 Å². The van der Waals surface area contributed by atoms with Crippen LogP contribution in [0.25, 0.3) is 0 Å². The molecule has 3 atom stereocenters. The number of rotatable bonds is 3. The molecule has 0 saturated carbocycles. The maximum atomic E-state index is 12.4. The second-order valence-corrected chi connectivity index (χ2v) is 6.55. The summed E-state index contributed by atoms with van der Waals surface area (Å²) in [5, 5.41) is 3.38. The molecule has 6 heteroatoms. The molecule has 2 aliphatic rings. The van der Waals surface area contributed by atoms with Crippen molar-refractivity contribution >= 4 is 34.2 Å². The van der Waals surface area contributed by atoms with Crippen LogP contribution in [0, 0.1) is 11.8 Å². The number of amides is 1. The van der Waals surface area contributed by atoms with Gasteiger partial charge in [0.2, 0.25) is 0 Å². The lowest BCUT2D eigenvalue weighted by Gasteiger charge is -2.22. The Bertz CT molecular complexity index is 502. The summed E-state index contributed by atoms with van der Waals surface area (Å²) < 4.78 is 6.71. The Balaban J connectivity index is 0.00000161. The lowest BCUT2D eigenvalue weighted by Crippen LogP contribution is -2.40. The lowest BCUT2D eigenvalue weighted by atomic mass is 10.0. The predicted molar refractivity (Wildman–Crippen MR) is 87.9 cm³/mol. The van der Waals surface area contributed by atoms with Crippen LogP contribution >= 0.6 is 28.3 Å². The quantitative estimate of drug-likeness (QED) is 0.881. The van der Waals surface area contributed by atoms with Crippen LogP contribution in [0.2, 0.25) is 0 Å². The van der Waals surface area contributed by atoms with Crippen molar-refractivity contribution in [2.45, 2.75) is 13.0 Å². The molecule has 0 radical (unpaired) electrons. The highest BCUT2D eigenvalue weighted by Crippen LogP contribution is 2.27. The summed E-state index contributed by atoms with van der Waals surface area (Å²) in [6.07, 6.45) is -0.434. The zero-order chi connectivity index (χ0) is 14.1. The van der Waals surface area contributed by atoms with E-state index in [1.165, 1.54) is 0 Å². The number of likely N-dealkylation sites (tertiary alicyclic amines) is 1. The summed E-state index contributed by atoms with van der Waals surface area (Å²) >= 11 is 3.41. The van der Waals surface area contributed by atoms with Gasteiger partial charge in [-0.2, -0.15) is 0 Å². The van der Waals surface area contributed by atoms with E-state index in [4.69, 9.17) is 4.74 Å². The molecule has 1 amide bonds. The van der Waals surface area contributed by atoms with E-state index in [0.29, 0.717) is 11.8 Å². The number of nitrogens with zero attached hydrogens (tertiary/aromatic N) is 1. The van der Waals surface area contributed by atoms with Crippen molar-refractivity contribution < 1.29 is 9.53 Å². The van der Waals surface area contributed by atoms with Crippen LogP contribution in [-0.4, -0.2) is 43.1 Å². The third-order valence-electron chi connectivity index (χ3n) is 4.16. The maximum Gasteiger partial charge on any atom is 0.263 e. The SMILES string of the molecule is CC(Oc1cccc(Br)c1)C(=O)N1C[C@H]2CNC[C@H]2C1.Cl. The smallest absolute Gasteiger partial charge is 0.263 e. The number of carbonyl (C=O) groups is 1. The number of benzene rings is 1. The number of carbonyl (C=O) groups excluding carboxylic acids is 1. The molecule has 2 aliphatic heterocycles. The van der Waals surface area contributed by atoms with Gasteiger partial charge in [0, 0.05) is 30.7 Å². The van der Waals surface area contributed by atoms with Gasteiger partial charge in [-0.15, -0.1) is 12.4 Å². The third kappa shape index (κ3) is 3.71. The summed E-state index contributed by atoms with van der Waals surface area (Å²) in [6, 6.07) is 7.60. The Morgan fingerprint density at radius 1 is 1.38 bits per heavy atom. The molecular weight excluding hydrogens is 356 g/mol. The molecule has 4 nitrogen and oxygen atoms in total. The fourth-order valence-corrected chi connectivity index (χ4v) is 3.47. The van der Waals surface area contributed by atoms with Gasteiger partial charge in [0.15, 0.2) is 6.10 Å². The van der Waals surface area contributed by atoms with Gasteiger partial charge in [-0.25, -0.2) is 0 Å². The fraction of sp³-hybridized carbons (Fsp3) is 0.533. The van der Waals surface area contributed by atoms with E-state index in [1.54, 1.807) is 0 Å². The van der Waals surface area contributed by atoms with E-state index in [1.807, 2.05) is 36.1 Å². The van der Waals surface area contributed by atoms with E-state index in [-0.39, 0.29) is 18.3 Å². The minimum absolute atomic E-state index is 0. The second-order valence-electron chi connectivity index (χ2n) is 5.64. The van der Waals surface area contributed by atoms with E-state index < -0.39 is 6.10 Å². The van der Waals surface area contributed by atoms with Crippen molar-refractivity contribution in [1.29, 1.82) is 0 Å². The maximum absolute atomic E-state index is 12.4. The van der Waals surface area contributed by atoms with Gasteiger partial charge in [-0.3, -0.25) is 4.79 Å². The molecule has 0 bridgehead atoms. The highest BCUT2D eigenvalue weighted by Gasteiger charge is 2.39. The first-order valence-corrected chi connectivity index (χ1v) is 7.84. The highest BCUT2D eigenvalue weighted by atomic mass is 79.9. The molecule has 0 spiro atoms. The molecule has 1 aromatic rings. The number of ether oxygens (including phenoxy) is 1. The Hall–Kier alpha value is -0.780. The average Bonchev–Trinajstić information content (AvgIpc) is 2.98. The first-order chi connectivity index (χ1) is 9.63. The standard InChI is InChI=1S/C15H19BrN2O2.ClH/c1-10(20-14-4-2-3-13(16)5-14)15(19)18-8-11-6-17-7-12(11)9-18;/h2-5,10-12,17H,6-9H2,1H3;1H/t10?,11-,12+;. The molecular formula is C15H20BrClN2O2. The minimum Gasteiger partial charge on any atom is -0.481 e. The first-order valence-electron chi connectivity index (χ1n) is 7.05. The lowest BCUT2D eigenvalue weighted by molar-refractivity contribution is -0.137. The highest BCUT2D eigenvalue weighted by molar-refractivity contribution is 9.10. The first kappa shape index (κ1) is 16.6. The number of fused-ring (bicyclic) bond motifs is 1. The summed E-state index contributed by atoms with van der Waals surface area (Å²) in [5.41, 5.74) is 0. The topological polar surface area (TPSA) is 41.6 Å². The summed E-state index contributed by atoms with van der Waals surface area (Å²) in [4.78, 5) is 14.4. The second kappa shape index (κ2) is 6.99. The molecule has 2 fully saturated rings. The average molecular weight is 376 g/mol. The number of hydrogen-bond donors (Lipinski definition) is 1. The van der Waals surface area contributed by atoms with Crippen molar-refractivity contribution in [3.8, 4) is 5.75 Å². The molecule has 1 aromatic carbocycles. The van der Waals surface area contributed by atoms with Gasteiger partial charge < -0.3 is 15.0 Å². The van der Waals surface area contributed by atoms with Crippen LogP contribution in [0.15, 0.2) is 28.7 Å². The van der Waals surface area contributed by atoms with Crippen LogP contribution in [0.4, 0.5) is 0 Å². The Morgan fingerprint density at radius 3 is 2.67 bits per heavy atom. The Labute approximate surface area is 139 Å². The monoisotopic (exact) mass is 374 g/mol. The molecule has 3 rings (SSSR count). The van der Waals surface area contributed by atoms with E-state index >= 15 is 0 Å². The van der Waals surface area contributed by atoms with Crippen molar-refractivity contribution in [3.63, 3.8) is 0 Å². The van der Waals surface area contributed by atoms with E-state index in [9.17, 15) is 4.79 Å². The molecule has 1 unspecified atom stereocenters. The fourth-order valence-electron chi connectivity index (χ4n) is 3.09. The minimum atomic E-state index is -0.434. The van der Waals surface area contributed by atoms with Gasteiger partial charge in [0.05, 0.1) is 0 Å². The normalized spacial score (nSPS) is 25.1. The molecule has 2 heterocycles. The van der Waals surface area contributed by atoms with Crippen molar-refractivity contribution in [2.24, 2.45) is 11.8 Å². The van der Waals surface area contributed by atoms with Crippen LogP contribution in [-0.2, 0) is 4.79 Å². The summed E-state index contributed by atoms with van der Waals surface area (Å²) in [6.45, 7) is 5.63. The molecule has 1 N–H and O–H groups in total. The number of hydrogen-bond acceptors (Lipinski definition) is 3. The largest absolute Gasteiger partial charge is 0.481 e. The zero-order valence-corrected chi connectivity index (χ0v) is 14.3.